The maximum absolute atomic E-state index is 5.39. The number of nitrogens with zero attached hydrogens (tertiary/aromatic N) is 3. The maximum Gasteiger partial charge on any atom is 0.205 e. The van der Waals surface area contributed by atoms with Crippen molar-refractivity contribution in [3.05, 3.63) is 29.1 Å². The van der Waals surface area contributed by atoms with Crippen molar-refractivity contribution in [2.45, 2.75) is 32.2 Å². The van der Waals surface area contributed by atoms with Crippen molar-refractivity contribution >= 4 is 16.7 Å². The van der Waals surface area contributed by atoms with E-state index in [2.05, 4.69) is 21.2 Å². The molecule has 118 valence electrons. The Labute approximate surface area is 135 Å². The van der Waals surface area contributed by atoms with E-state index in [-0.39, 0.29) is 0 Å². The predicted molar refractivity (Wildman–Crippen MR) is 88.3 cm³/mol. The van der Waals surface area contributed by atoms with Crippen LogP contribution >= 0.6 is 11.5 Å². The molecule has 1 aliphatic rings. The molecule has 0 amide bonds. The summed E-state index contributed by atoms with van der Waals surface area (Å²) in [4.78, 5) is 6.79. The molecule has 5 nitrogen and oxygen atoms in total. The van der Waals surface area contributed by atoms with Crippen LogP contribution in [0.5, 0.6) is 11.5 Å². The molecule has 0 aliphatic heterocycles. The van der Waals surface area contributed by atoms with Gasteiger partial charge in [-0.2, -0.15) is 4.37 Å². The molecule has 1 aromatic carbocycles. The van der Waals surface area contributed by atoms with Crippen molar-refractivity contribution in [3.63, 3.8) is 0 Å². The average Bonchev–Trinajstić information content (AvgIpc) is 3.25. The van der Waals surface area contributed by atoms with Gasteiger partial charge in [-0.1, -0.05) is 0 Å². The zero-order valence-corrected chi connectivity index (χ0v) is 14.2. The first-order valence-corrected chi connectivity index (χ1v) is 8.16. The summed E-state index contributed by atoms with van der Waals surface area (Å²) in [5, 5.41) is 0.969. The van der Waals surface area contributed by atoms with Gasteiger partial charge in [0.1, 0.15) is 5.82 Å². The van der Waals surface area contributed by atoms with Crippen LogP contribution in [0.3, 0.4) is 0 Å². The molecule has 0 N–H and O–H groups in total. The Bertz CT molecular complexity index is 667. The van der Waals surface area contributed by atoms with E-state index >= 15 is 0 Å². The number of methoxy groups -OCH3 is 2. The third-order valence-corrected chi connectivity index (χ3v) is 4.79. The van der Waals surface area contributed by atoms with Crippen molar-refractivity contribution in [2.24, 2.45) is 0 Å². The Balaban J connectivity index is 1.78. The van der Waals surface area contributed by atoms with E-state index in [1.54, 1.807) is 14.2 Å². The maximum atomic E-state index is 5.39. The highest BCUT2D eigenvalue weighted by Crippen LogP contribution is 2.40. The van der Waals surface area contributed by atoms with E-state index < -0.39 is 0 Å². The lowest BCUT2D eigenvalue weighted by atomic mass is 10.1. The highest BCUT2D eigenvalue weighted by atomic mass is 32.1. The number of aryl methyl sites for hydroxylation is 1. The molecule has 0 bridgehead atoms. The van der Waals surface area contributed by atoms with Gasteiger partial charge in [-0.15, -0.1) is 0 Å². The number of ether oxygens (including phenoxy) is 2. The second-order valence-electron chi connectivity index (χ2n) is 5.70. The fraction of sp³-hybridized carbons (Fsp3) is 0.500. The van der Waals surface area contributed by atoms with Crippen molar-refractivity contribution in [1.29, 1.82) is 0 Å². The van der Waals surface area contributed by atoms with Crippen LogP contribution in [-0.2, 0) is 6.54 Å². The highest BCUT2D eigenvalue weighted by molar-refractivity contribution is 7.09. The van der Waals surface area contributed by atoms with Crippen LogP contribution in [-0.4, -0.2) is 30.6 Å². The van der Waals surface area contributed by atoms with E-state index in [9.17, 15) is 0 Å². The fourth-order valence-electron chi connectivity index (χ4n) is 2.41. The van der Waals surface area contributed by atoms with Crippen LogP contribution in [0.4, 0.5) is 5.13 Å². The summed E-state index contributed by atoms with van der Waals surface area (Å²) >= 11 is 1.48. The van der Waals surface area contributed by atoms with Crippen molar-refractivity contribution in [3.8, 4) is 11.5 Å². The summed E-state index contributed by atoms with van der Waals surface area (Å²) in [5.41, 5.74) is 2.37. The minimum Gasteiger partial charge on any atom is -0.493 e. The van der Waals surface area contributed by atoms with E-state index in [1.807, 2.05) is 19.2 Å². The van der Waals surface area contributed by atoms with Crippen LogP contribution in [0, 0.1) is 6.92 Å². The SMILES string of the molecule is COc1cc(C)c(CN(C)c2nc(C3CC3)ns2)cc1OC. The molecule has 1 aliphatic carbocycles. The number of aromatic nitrogens is 2. The van der Waals surface area contributed by atoms with Crippen LogP contribution in [0.15, 0.2) is 12.1 Å². The van der Waals surface area contributed by atoms with Crippen LogP contribution < -0.4 is 14.4 Å². The fourth-order valence-corrected chi connectivity index (χ4v) is 3.11. The first-order chi connectivity index (χ1) is 10.6. The lowest BCUT2D eigenvalue weighted by molar-refractivity contribution is 0.354. The molecular formula is C16H21N3O2S. The van der Waals surface area contributed by atoms with Crippen molar-refractivity contribution in [1.82, 2.24) is 9.36 Å². The van der Waals surface area contributed by atoms with E-state index in [4.69, 9.17) is 9.47 Å². The molecule has 1 aromatic heterocycles. The van der Waals surface area contributed by atoms with Gasteiger partial charge in [-0.3, -0.25) is 0 Å². The molecule has 2 aromatic rings. The van der Waals surface area contributed by atoms with Gasteiger partial charge < -0.3 is 14.4 Å². The molecular weight excluding hydrogens is 298 g/mol. The number of benzene rings is 1. The Hall–Kier alpha value is -1.82. The predicted octanol–water partition coefficient (Wildman–Crippen LogP) is 3.38. The van der Waals surface area contributed by atoms with Crippen molar-refractivity contribution in [2.75, 3.05) is 26.2 Å². The largest absolute Gasteiger partial charge is 0.493 e. The summed E-state index contributed by atoms with van der Waals surface area (Å²) in [6.07, 6.45) is 2.46. The van der Waals surface area contributed by atoms with Gasteiger partial charge in [0.2, 0.25) is 5.13 Å². The van der Waals surface area contributed by atoms with Crippen LogP contribution in [0.25, 0.3) is 0 Å². The number of rotatable bonds is 6. The van der Waals surface area contributed by atoms with Gasteiger partial charge in [0.05, 0.1) is 14.2 Å². The Morgan fingerprint density at radius 3 is 2.55 bits per heavy atom. The summed E-state index contributed by atoms with van der Waals surface area (Å²) in [6, 6.07) is 4.05. The molecule has 1 saturated carbocycles. The Kier molecular flexibility index (Phi) is 4.20. The summed E-state index contributed by atoms with van der Waals surface area (Å²) < 4.78 is 15.2. The van der Waals surface area contributed by atoms with Gasteiger partial charge in [0, 0.05) is 31.0 Å². The first kappa shape index (κ1) is 15.1. The number of hydrogen-bond acceptors (Lipinski definition) is 6. The standard InChI is InChI=1S/C16H21N3O2S/c1-10-7-13(20-3)14(21-4)8-12(10)9-19(2)16-17-15(18-22-16)11-5-6-11/h7-8,11H,5-6,9H2,1-4H3. The van der Waals surface area contributed by atoms with E-state index in [0.29, 0.717) is 5.92 Å². The summed E-state index contributed by atoms with van der Waals surface area (Å²) in [6.45, 7) is 2.85. The molecule has 6 heteroatoms. The minimum atomic E-state index is 0.598. The first-order valence-electron chi connectivity index (χ1n) is 7.38. The second-order valence-corrected chi connectivity index (χ2v) is 6.43. The van der Waals surface area contributed by atoms with Gasteiger partial charge >= 0.3 is 0 Å². The van der Waals surface area contributed by atoms with E-state index in [0.717, 1.165) is 29.0 Å². The monoisotopic (exact) mass is 319 g/mol. The summed E-state index contributed by atoms with van der Waals surface area (Å²) in [7, 11) is 5.37. The van der Waals surface area contributed by atoms with Gasteiger partial charge in [-0.25, -0.2) is 4.98 Å². The third kappa shape index (κ3) is 3.02. The number of anilines is 1. The molecule has 0 spiro atoms. The van der Waals surface area contributed by atoms with Gasteiger partial charge in [0.15, 0.2) is 11.5 Å². The van der Waals surface area contributed by atoms with Crippen LogP contribution in [0.1, 0.15) is 35.7 Å². The highest BCUT2D eigenvalue weighted by Gasteiger charge is 2.28. The molecule has 1 fully saturated rings. The molecule has 1 heterocycles. The topological polar surface area (TPSA) is 47.5 Å². The molecule has 0 atom stereocenters. The molecule has 0 saturated heterocycles. The molecule has 0 unspecified atom stereocenters. The quantitative estimate of drug-likeness (QED) is 0.817. The van der Waals surface area contributed by atoms with Gasteiger partial charge in [0.25, 0.3) is 0 Å². The van der Waals surface area contributed by atoms with Gasteiger partial charge in [-0.05, 0) is 43.0 Å². The average molecular weight is 319 g/mol. The molecule has 22 heavy (non-hydrogen) atoms. The molecule has 3 rings (SSSR count). The zero-order valence-electron chi connectivity index (χ0n) is 13.4. The lowest BCUT2D eigenvalue weighted by Crippen LogP contribution is -2.17. The zero-order chi connectivity index (χ0) is 15.7. The molecule has 0 radical (unpaired) electrons. The normalized spacial score (nSPS) is 14.0. The minimum absolute atomic E-state index is 0.598. The lowest BCUT2D eigenvalue weighted by Gasteiger charge is -2.18. The number of hydrogen-bond donors (Lipinski definition) is 0. The van der Waals surface area contributed by atoms with Crippen LogP contribution in [0.2, 0.25) is 0 Å². The summed E-state index contributed by atoms with van der Waals surface area (Å²) in [5.74, 6) is 3.13. The third-order valence-electron chi connectivity index (χ3n) is 3.95. The van der Waals surface area contributed by atoms with E-state index in [1.165, 1.54) is 35.5 Å². The Morgan fingerprint density at radius 1 is 1.23 bits per heavy atom. The second kappa shape index (κ2) is 6.12. The van der Waals surface area contributed by atoms with Crippen molar-refractivity contribution < 1.29 is 9.47 Å². The smallest absolute Gasteiger partial charge is 0.205 e. The Morgan fingerprint density at radius 2 is 1.91 bits per heavy atom.